The number of rotatable bonds is 5. The largest absolute Gasteiger partial charge is 0.462 e. The third kappa shape index (κ3) is 3.91. The maximum absolute atomic E-state index is 13.5. The van der Waals surface area contributed by atoms with Gasteiger partial charge in [-0.3, -0.25) is 4.79 Å². The van der Waals surface area contributed by atoms with Gasteiger partial charge in [-0.1, -0.05) is 12.1 Å². The molecule has 0 saturated carbocycles. The molecule has 0 atom stereocenters. The van der Waals surface area contributed by atoms with Crippen LogP contribution in [-0.2, 0) is 10.5 Å². The first-order valence-electron chi connectivity index (χ1n) is 6.24. The van der Waals surface area contributed by atoms with Crippen molar-refractivity contribution in [3.05, 3.63) is 58.0 Å². The summed E-state index contributed by atoms with van der Waals surface area (Å²) in [5.41, 5.74) is -0.705. The van der Waals surface area contributed by atoms with E-state index < -0.39 is 11.5 Å². The second-order valence-electron chi connectivity index (χ2n) is 4.01. The molecule has 1 N–H and O–H groups in total. The Morgan fingerprint density at radius 3 is 2.86 bits per heavy atom. The summed E-state index contributed by atoms with van der Waals surface area (Å²) in [4.78, 5) is 30.2. The average molecular weight is 308 g/mol. The Bertz CT molecular complexity index is 703. The first-order valence-corrected chi connectivity index (χ1v) is 7.23. The van der Waals surface area contributed by atoms with E-state index in [1.807, 2.05) is 0 Å². The van der Waals surface area contributed by atoms with Crippen molar-refractivity contribution in [2.24, 2.45) is 0 Å². The predicted molar refractivity (Wildman–Crippen MR) is 76.8 cm³/mol. The molecule has 0 bridgehead atoms. The Morgan fingerprint density at radius 2 is 2.19 bits per heavy atom. The van der Waals surface area contributed by atoms with Gasteiger partial charge in [0.25, 0.3) is 5.56 Å². The summed E-state index contributed by atoms with van der Waals surface area (Å²) in [6, 6.07) is 6.34. The number of esters is 1. The number of thioether (sulfide) groups is 1. The summed E-state index contributed by atoms with van der Waals surface area (Å²) in [6.07, 6.45) is 1.17. The minimum Gasteiger partial charge on any atom is -0.462 e. The van der Waals surface area contributed by atoms with Crippen LogP contribution in [0.5, 0.6) is 0 Å². The van der Waals surface area contributed by atoms with Crippen LogP contribution in [0.25, 0.3) is 0 Å². The molecular weight excluding hydrogens is 295 g/mol. The van der Waals surface area contributed by atoms with E-state index >= 15 is 0 Å². The van der Waals surface area contributed by atoms with E-state index in [9.17, 15) is 14.0 Å². The number of nitrogens with zero attached hydrogens (tertiary/aromatic N) is 1. The molecule has 2 aromatic rings. The molecule has 2 rings (SSSR count). The molecule has 0 fully saturated rings. The van der Waals surface area contributed by atoms with E-state index in [1.165, 1.54) is 24.0 Å². The van der Waals surface area contributed by atoms with E-state index in [-0.39, 0.29) is 18.0 Å². The molecule has 21 heavy (non-hydrogen) atoms. The Morgan fingerprint density at radius 1 is 1.43 bits per heavy atom. The maximum Gasteiger partial charge on any atom is 0.345 e. The fourth-order valence-electron chi connectivity index (χ4n) is 1.57. The minimum absolute atomic E-state index is 0.142. The maximum atomic E-state index is 13.5. The van der Waals surface area contributed by atoms with E-state index in [4.69, 9.17) is 4.74 Å². The summed E-state index contributed by atoms with van der Waals surface area (Å²) in [7, 11) is 0. The second kappa shape index (κ2) is 7.03. The lowest BCUT2D eigenvalue weighted by molar-refractivity contribution is 0.0523. The van der Waals surface area contributed by atoms with Crippen LogP contribution in [-0.4, -0.2) is 22.5 Å². The molecule has 0 spiro atoms. The van der Waals surface area contributed by atoms with Crippen molar-refractivity contribution in [2.45, 2.75) is 17.6 Å². The zero-order valence-corrected chi connectivity index (χ0v) is 12.1. The Hall–Kier alpha value is -2.15. The lowest BCUT2D eigenvalue weighted by atomic mass is 10.3. The molecule has 0 unspecified atom stereocenters. The number of benzene rings is 1. The highest BCUT2D eigenvalue weighted by atomic mass is 32.2. The molecule has 0 saturated heterocycles. The minimum atomic E-state index is -0.709. The summed E-state index contributed by atoms with van der Waals surface area (Å²) < 4.78 is 18.2. The van der Waals surface area contributed by atoms with Crippen LogP contribution >= 0.6 is 11.8 Å². The fraction of sp³-hybridized carbons (Fsp3) is 0.214. The number of hydrogen-bond acceptors (Lipinski definition) is 5. The number of aromatic amines is 1. The fourth-order valence-corrected chi connectivity index (χ4v) is 2.39. The highest BCUT2D eigenvalue weighted by Crippen LogP contribution is 2.23. The lowest BCUT2D eigenvalue weighted by Crippen LogP contribution is -2.21. The smallest absolute Gasteiger partial charge is 0.345 e. The third-order valence-corrected chi connectivity index (χ3v) is 3.61. The first-order chi connectivity index (χ1) is 10.1. The third-order valence-electron chi connectivity index (χ3n) is 2.55. The van der Waals surface area contributed by atoms with Crippen molar-refractivity contribution < 1.29 is 13.9 Å². The topological polar surface area (TPSA) is 72.0 Å². The van der Waals surface area contributed by atoms with Gasteiger partial charge in [-0.25, -0.2) is 14.2 Å². The SMILES string of the molecule is CCOC(=O)c1cnc(CSc2ccccc2F)[nH]c1=O. The van der Waals surface area contributed by atoms with Gasteiger partial charge in [0.05, 0.1) is 12.4 Å². The van der Waals surface area contributed by atoms with Crippen molar-refractivity contribution in [1.82, 2.24) is 9.97 Å². The molecule has 5 nitrogen and oxygen atoms in total. The normalized spacial score (nSPS) is 10.4. The van der Waals surface area contributed by atoms with Crippen molar-refractivity contribution in [1.29, 1.82) is 0 Å². The Kier molecular flexibility index (Phi) is 5.10. The van der Waals surface area contributed by atoms with Crippen LogP contribution in [0.15, 0.2) is 40.2 Å². The van der Waals surface area contributed by atoms with E-state index in [0.717, 1.165) is 0 Å². The number of hydrogen-bond donors (Lipinski definition) is 1. The number of aromatic nitrogens is 2. The van der Waals surface area contributed by atoms with Gasteiger partial charge < -0.3 is 9.72 Å². The summed E-state index contributed by atoms with van der Waals surface area (Å²) >= 11 is 1.21. The van der Waals surface area contributed by atoms with Crippen LogP contribution < -0.4 is 5.56 Å². The van der Waals surface area contributed by atoms with Gasteiger partial charge in [0.2, 0.25) is 0 Å². The van der Waals surface area contributed by atoms with Crippen LogP contribution in [0, 0.1) is 5.82 Å². The zero-order chi connectivity index (χ0) is 15.2. The number of carbonyl (C=O) groups is 1. The standard InChI is InChI=1S/C14H13FN2O3S/c1-2-20-14(19)9-7-16-12(17-13(9)18)8-21-11-6-4-3-5-10(11)15/h3-7H,2,8H2,1H3,(H,16,17,18). The number of carbonyl (C=O) groups excluding carboxylic acids is 1. The van der Waals surface area contributed by atoms with Crippen LogP contribution in [0.2, 0.25) is 0 Å². The Balaban J connectivity index is 2.09. The number of H-pyrrole nitrogens is 1. The van der Waals surface area contributed by atoms with Crippen LogP contribution in [0.3, 0.4) is 0 Å². The molecule has 1 aromatic heterocycles. The molecular formula is C14H13FN2O3S. The number of ether oxygens (including phenoxy) is 1. The molecule has 0 aliphatic carbocycles. The van der Waals surface area contributed by atoms with Gasteiger partial charge in [-0.15, -0.1) is 11.8 Å². The van der Waals surface area contributed by atoms with Crippen molar-refractivity contribution in [3.8, 4) is 0 Å². The molecule has 110 valence electrons. The lowest BCUT2D eigenvalue weighted by Gasteiger charge is -2.04. The highest BCUT2D eigenvalue weighted by Gasteiger charge is 2.13. The monoisotopic (exact) mass is 308 g/mol. The average Bonchev–Trinajstić information content (AvgIpc) is 2.46. The summed E-state index contributed by atoms with van der Waals surface area (Å²) in [5.74, 6) is -0.381. The van der Waals surface area contributed by atoms with E-state index in [2.05, 4.69) is 9.97 Å². The quantitative estimate of drug-likeness (QED) is 0.678. The number of halogens is 1. The zero-order valence-electron chi connectivity index (χ0n) is 11.3. The molecule has 7 heteroatoms. The molecule has 0 aliphatic rings. The molecule has 0 amide bonds. The van der Waals surface area contributed by atoms with Gasteiger partial charge in [0.15, 0.2) is 0 Å². The predicted octanol–water partition coefficient (Wildman–Crippen LogP) is 2.38. The Labute approximate surface area is 124 Å². The number of nitrogens with one attached hydrogen (secondary N) is 1. The van der Waals surface area contributed by atoms with Crippen molar-refractivity contribution in [3.63, 3.8) is 0 Å². The van der Waals surface area contributed by atoms with E-state index in [0.29, 0.717) is 16.5 Å². The van der Waals surface area contributed by atoms with E-state index in [1.54, 1.807) is 25.1 Å². The molecule has 1 heterocycles. The van der Waals surface area contributed by atoms with Crippen LogP contribution in [0.1, 0.15) is 23.1 Å². The highest BCUT2D eigenvalue weighted by molar-refractivity contribution is 7.98. The van der Waals surface area contributed by atoms with Gasteiger partial charge in [0, 0.05) is 11.1 Å². The summed E-state index contributed by atoms with van der Waals surface area (Å²) in [5, 5.41) is 0. The molecule has 1 aromatic carbocycles. The van der Waals surface area contributed by atoms with Gasteiger partial charge in [-0.05, 0) is 19.1 Å². The second-order valence-corrected chi connectivity index (χ2v) is 5.03. The van der Waals surface area contributed by atoms with Crippen LogP contribution in [0.4, 0.5) is 4.39 Å². The van der Waals surface area contributed by atoms with Gasteiger partial charge >= 0.3 is 5.97 Å². The molecule has 0 aliphatic heterocycles. The molecule has 0 radical (unpaired) electrons. The van der Waals surface area contributed by atoms with Gasteiger partial charge in [0.1, 0.15) is 17.2 Å². The summed E-state index contributed by atoms with van der Waals surface area (Å²) in [6.45, 7) is 1.84. The van der Waals surface area contributed by atoms with Crippen molar-refractivity contribution in [2.75, 3.05) is 6.61 Å². The van der Waals surface area contributed by atoms with Gasteiger partial charge in [-0.2, -0.15) is 0 Å². The first kappa shape index (κ1) is 15.2. The van der Waals surface area contributed by atoms with Crippen molar-refractivity contribution >= 4 is 17.7 Å².